The molecule has 0 heterocycles. The summed E-state index contributed by atoms with van der Waals surface area (Å²) < 4.78 is 0. The summed E-state index contributed by atoms with van der Waals surface area (Å²) in [5.74, 6) is -0.0102. The molecule has 6 nitrogen and oxygen atoms in total. The molecular formula is C15H30N2O4. The third-order valence-electron chi connectivity index (χ3n) is 3.18. The molecule has 0 aromatic heterocycles. The fourth-order valence-corrected chi connectivity index (χ4v) is 1.99. The number of nitrogens with one attached hydrogen (secondary N) is 2. The van der Waals surface area contributed by atoms with E-state index in [0.29, 0.717) is 25.8 Å². The van der Waals surface area contributed by atoms with Crippen molar-refractivity contribution in [2.24, 2.45) is 0 Å². The number of unbranched alkanes of at least 4 members (excludes halogenated alkanes) is 1. The molecule has 124 valence electrons. The van der Waals surface area contributed by atoms with E-state index in [2.05, 4.69) is 10.6 Å². The summed E-state index contributed by atoms with van der Waals surface area (Å²) in [7, 11) is 0. The van der Waals surface area contributed by atoms with E-state index in [1.54, 1.807) is 0 Å². The van der Waals surface area contributed by atoms with E-state index < -0.39 is 6.10 Å². The van der Waals surface area contributed by atoms with Crippen molar-refractivity contribution in [3.8, 4) is 0 Å². The number of aliphatic hydroxyl groups excluding tert-OH is 2. The molecule has 2 atom stereocenters. The summed E-state index contributed by atoms with van der Waals surface area (Å²) >= 11 is 0. The van der Waals surface area contributed by atoms with Crippen LogP contribution in [-0.4, -0.2) is 53.2 Å². The molecule has 21 heavy (non-hydrogen) atoms. The van der Waals surface area contributed by atoms with Gasteiger partial charge in [-0.25, -0.2) is 0 Å². The number of hydrogen-bond donors (Lipinski definition) is 4. The molecule has 0 aromatic rings. The molecule has 0 aliphatic heterocycles. The average molecular weight is 302 g/mol. The monoisotopic (exact) mass is 302 g/mol. The summed E-state index contributed by atoms with van der Waals surface area (Å²) in [6.07, 6.45) is 2.22. The maximum atomic E-state index is 11.7. The molecule has 0 unspecified atom stereocenters. The number of amides is 1. The van der Waals surface area contributed by atoms with Crippen LogP contribution in [0.1, 0.15) is 52.9 Å². The lowest BCUT2D eigenvalue weighted by atomic mass is 10.1. The highest BCUT2D eigenvalue weighted by atomic mass is 16.3. The molecule has 0 fully saturated rings. The van der Waals surface area contributed by atoms with Crippen LogP contribution in [0.2, 0.25) is 0 Å². The summed E-state index contributed by atoms with van der Waals surface area (Å²) in [6.45, 7) is 5.80. The molecule has 0 radical (unpaired) electrons. The van der Waals surface area contributed by atoms with Crippen LogP contribution in [0.5, 0.6) is 0 Å². The van der Waals surface area contributed by atoms with Gasteiger partial charge in [-0.05, 0) is 32.6 Å². The Hall–Kier alpha value is -0.980. The number of carbonyl (C=O) groups excluding carboxylic acids is 2. The third-order valence-corrected chi connectivity index (χ3v) is 3.18. The van der Waals surface area contributed by atoms with E-state index in [1.807, 2.05) is 13.8 Å². The van der Waals surface area contributed by atoms with E-state index in [4.69, 9.17) is 10.2 Å². The third kappa shape index (κ3) is 11.4. The number of hydrogen-bond acceptors (Lipinski definition) is 5. The second kappa shape index (κ2) is 11.7. The van der Waals surface area contributed by atoms with Crippen molar-refractivity contribution in [2.45, 2.75) is 71.1 Å². The van der Waals surface area contributed by atoms with E-state index in [0.717, 1.165) is 12.8 Å². The summed E-state index contributed by atoms with van der Waals surface area (Å²) in [5, 5.41) is 23.8. The molecule has 0 aliphatic carbocycles. The van der Waals surface area contributed by atoms with Crippen LogP contribution in [0.3, 0.4) is 0 Å². The van der Waals surface area contributed by atoms with Crippen molar-refractivity contribution in [1.29, 1.82) is 0 Å². The van der Waals surface area contributed by atoms with E-state index in [-0.39, 0.29) is 30.4 Å². The molecule has 0 bridgehead atoms. The van der Waals surface area contributed by atoms with Gasteiger partial charge in [0.1, 0.15) is 5.78 Å². The Morgan fingerprint density at radius 3 is 2.33 bits per heavy atom. The largest absolute Gasteiger partial charge is 0.394 e. The SMILES string of the molecule is CC(=O)[C@H](CCC(=O)NCCCC[C@H](O)CO)NC(C)C. The van der Waals surface area contributed by atoms with Gasteiger partial charge in [0.25, 0.3) is 0 Å². The summed E-state index contributed by atoms with van der Waals surface area (Å²) in [5.41, 5.74) is 0. The normalized spacial score (nSPS) is 14.0. The zero-order valence-corrected chi connectivity index (χ0v) is 13.4. The van der Waals surface area contributed by atoms with Crippen molar-refractivity contribution in [3.63, 3.8) is 0 Å². The van der Waals surface area contributed by atoms with Crippen molar-refractivity contribution in [1.82, 2.24) is 10.6 Å². The zero-order chi connectivity index (χ0) is 16.3. The van der Waals surface area contributed by atoms with Gasteiger partial charge < -0.3 is 20.8 Å². The van der Waals surface area contributed by atoms with Crippen molar-refractivity contribution >= 4 is 11.7 Å². The first-order valence-electron chi connectivity index (χ1n) is 7.69. The molecule has 0 saturated heterocycles. The second-order valence-corrected chi connectivity index (χ2v) is 5.71. The van der Waals surface area contributed by atoms with Crippen LogP contribution >= 0.6 is 0 Å². The number of rotatable bonds is 12. The Morgan fingerprint density at radius 1 is 1.14 bits per heavy atom. The predicted octanol–water partition coefficient (Wildman–Crippen LogP) is 0.362. The number of ketones is 1. The fourth-order valence-electron chi connectivity index (χ4n) is 1.99. The Kier molecular flexibility index (Phi) is 11.1. The van der Waals surface area contributed by atoms with Crippen LogP contribution in [0.15, 0.2) is 0 Å². The molecule has 0 aromatic carbocycles. The van der Waals surface area contributed by atoms with Crippen LogP contribution in [0, 0.1) is 0 Å². The summed E-state index contributed by atoms with van der Waals surface area (Å²) in [6, 6.07) is -0.0598. The van der Waals surface area contributed by atoms with Gasteiger partial charge in [0.15, 0.2) is 0 Å². The maximum absolute atomic E-state index is 11.7. The van der Waals surface area contributed by atoms with Crippen LogP contribution in [-0.2, 0) is 9.59 Å². The quantitative estimate of drug-likeness (QED) is 0.390. The zero-order valence-electron chi connectivity index (χ0n) is 13.4. The molecule has 0 aliphatic rings. The van der Waals surface area contributed by atoms with Crippen molar-refractivity contribution in [2.75, 3.05) is 13.2 Å². The predicted molar refractivity (Wildman–Crippen MR) is 81.9 cm³/mol. The molecular weight excluding hydrogens is 272 g/mol. The Labute approximate surface area is 127 Å². The van der Waals surface area contributed by atoms with E-state index >= 15 is 0 Å². The van der Waals surface area contributed by atoms with Gasteiger partial charge in [0.05, 0.1) is 18.8 Å². The van der Waals surface area contributed by atoms with Gasteiger partial charge in [-0.2, -0.15) is 0 Å². The summed E-state index contributed by atoms with van der Waals surface area (Å²) in [4.78, 5) is 23.1. The van der Waals surface area contributed by atoms with E-state index in [1.165, 1.54) is 6.92 Å². The van der Waals surface area contributed by atoms with Crippen LogP contribution in [0.4, 0.5) is 0 Å². The minimum Gasteiger partial charge on any atom is -0.394 e. The minimum atomic E-state index is -0.667. The van der Waals surface area contributed by atoms with Crippen molar-refractivity contribution in [3.05, 3.63) is 0 Å². The van der Waals surface area contributed by atoms with Gasteiger partial charge in [0.2, 0.25) is 5.91 Å². The molecule has 0 rings (SSSR count). The number of aliphatic hydroxyl groups is 2. The highest BCUT2D eigenvalue weighted by molar-refractivity contribution is 5.83. The standard InChI is InChI=1S/C15H30N2O4/c1-11(2)17-14(12(3)19)7-8-15(21)16-9-5-4-6-13(20)10-18/h11,13-14,17-18,20H,4-10H2,1-3H3,(H,16,21)/t13-,14-/m0/s1. The number of Topliss-reactive ketones (excluding diaryl/α,β-unsaturated/α-hetero) is 1. The molecule has 4 N–H and O–H groups in total. The smallest absolute Gasteiger partial charge is 0.220 e. The Morgan fingerprint density at radius 2 is 1.81 bits per heavy atom. The molecule has 0 saturated carbocycles. The topological polar surface area (TPSA) is 98.7 Å². The van der Waals surface area contributed by atoms with Gasteiger partial charge in [-0.3, -0.25) is 9.59 Å². The lowest BCUT2D eigenvalue weighted by molar-refractivity contribution is -0.122. The first-order valence-corrected chi connectivity index (χ1v) is 7.69. The number of carbonyl (C=O) groups is 2. The van der Waals surface area contributed by atoms with Crippen molar-refractivity contribution < 1.29 is 19.8 Å². The highest BCUT2D eigenvalue weighted by Crippen LogP contribution is 2.02. The van der Waals surface area contributed by atoms with Gasteiger partial charge in [-0.15, -0.1) is 0 Å². The average Bonchev–Trinajstić information content (AvgIpc) is 2.41. The van der Waals surface area contributed by atoms with Gasteiger partial charge in [0, 0.05) is 19.0 Å². The maximum Gasteiger partial charge on any atom is 0.220 e. The van der Waals surface area contributed by atoms with E-state index in [9.17, 15) is 9.59 Å². The fraction of sp³-hybridized carbons (Fsp3) is 0.867. The Balaban J connectivity index is 3.76. The van der Waals surface area contributed by atoms with Gasteiger partial charge in [-0.1, -0.05) is 13.8 Å². The lowest BCUT2D eigenvalue weighted by Gasteiger charge is -2.18. The molecule has 6 heteroatoms. The molecule has 1 amide bonds. The van der Waals surface area contributed by atoms with Crippen LogP contribution < -0.4 is 10.6 Å². The van der Waals surface area contributed by atoms with Gasteiger partial charge >= 0.3 is 0 Å². The second-order valence-electron chi connectivity index (χ2n) is 5.71. The first kappa shape index (κ1) is 20.0. The Bertz CT molecular complexity index is 308. The lowest BCUT2D eigenvalue weighted by Crippen LogP contribution is -2.40. The minimum absolute atomic E-state index is 0.0505. The first-order chi connectivity index (χ1) is 9.86. The van der Waals surface area contributed by atoms with Crippen LogP contribution in [0.25, 0.3) is 0 Å². The highest BCUT2D eigenvalue weighted by Gasteiger charge is 2.16. The molecule has 0 spiro atoms.